The number of rotatable bonds is 5. The largest absolute Gasteiger partial charge is 0.612 e. The number of anilines is 1. The summed E-state index contributed by atoms with van der Waals surface area (Å²) >= 11 is 10.9. The molecule has 1 unspecified atom stereocenters. The summed E-state index contributed by atoms with van der Waals surface area (Å²) < 4.78 is 40.5. The summed E-state index contributed by atoms with van der Waals surface area (Å²) in [4.78, 5) is 18.2. The molecule has 0 radical (unpaired) electrons. The van der Waals surface area contributed by atoms with E-state index >= 15 is 0 Å². The predicted octanol–water partition coefficient (Wildman–Crippen LogP) is 4.90. The lowest BCUT2D eigenvalue weighted by Gasteiger charge is -2.13. The van der Waals surface area contributed by atoms with Crippen molar-refractivity contribution in [3.05, 3.63) is 82.2 Å². The Bertz CT molecular complexity index is 1350. The normalized spacial score (nSPS) is 11.9. The molecule has 0 fully saturated rings. The van der Waals surface area contributed by atoms with E-state index < -0.39 is 28.7 Å². The van der Waals surface area contributed by atoms with Crippen LogP contribution in [-0.4, -0.2) is 36.7 Å². The van der Waals surface area contributed by atoms with Crippen molar-refractivity contribution in [2.24, 2.45) is 0 Å². The van der Waals surface area contributed by atoms with Crippen molar-refractivity contribution in [3.8, 4) is 16.9 Å². The predicted molar refractivity (Wildman–Crippen MR) is 121 cm³/mol. The Hall–Kier alpha value is -3.05. The van der Waals surface area contributed by atoms with Crippen LogP contribution in [0.1, 0.15) is 10.4 Å². The average molecular weight is 508 g/mol. The molecule has 1 amide bonds. The number of hydrogen-bond acceptors (Lipinski definition) is 5. The summed E-state index contributed by atoms with van der Waals surface area (Å²) in [7, 11) is 0. The number of nitrogens with zero attached hydrogens (tertiary/aromatic N) is 4. The maximum absolute atomic E-state index is 15.0. The number of aromatic nitrogens is 4. The van der Waals surface area contributed by atoms with Crippen molar-refractivity contribution in [3.63, 3.8) is 0 Å². The molecule has 2 aromatic heterocycles. The van der Waals surface area contributed by atoms with E-state index in [1.54, 1.807) is 0 Å². The van der Waals surface area contributed by atoms with Gasteiger partial charge in [-0.1, -0.05) is 23.2 Å². The minimum Gasteiger partial charge on any atom is -0.612 e. The van der Waals surface area contributed by atoms with Gasteiger partial charge in [0, 0.05) is 17.2 Å². The Morgan fingerprint density at radius 3 is 2.45 bits per heavy atom. The van der Waals surface area contributed by atoms with Crippen molar-refractivity contribution in [1.29, 1.82) is 0 Å². The molecule has 0 aliphatic carbocycles. The van der Waals surface area contributed by atoms with Crippen LogP contribution in [0.5, 0.6) is 0 Å². The first-order valence-corrected chi connectivity index (χ1v) is 11.5. The summed E-state index contributed by atoms with van der Waals surface area (Å²) in [6, 6.07) is 7.12. The first-order valence-electron chi connectivity index (χ1n) is 9.20. The number of carbonyl (C=O) groups excluding carboxylic acids is 1. The molecule has 0 bridgehead atoms. The number of hydrogen-bond donors (Lipinski definition) is 1. The van der Waals surface area contributed by atoms with Gasteiger partial charge >= 0.3 is 0 Å². The summed E-state index contributed by atoms with van der Waals surface area (Å²) in [6.45, 7) is 0. The topological polar surface area (TPSA) is 95.8 Å². The van der Waals surface area contributed by atoms with Gasteiger partial charge in [0.2, 0.25) is 0 Å². The van der Waals surface area contributed by atoms with Gasteiger partial charge in [-0.05, 0) is 41.5 Å². The van der Waals surface area contributed by atoms with E-state index in [-0.39, 0.29) is 43.1 Å². The molecule has 4 aromatic rings. The van der Waals surface area contributed by atoms with E-state index in [4.69, 9.17) is 23.2 Å². The summed E-state index contributed by atoms with van der Waals surface area (Å²) in [5.74, 6) is -1.84. The van der Waals surface area contributed by atoms with Crippen molar-refractivity contribution in [1.82, 2.24) is 20.0 Å². The van der Waals surface area contributed by atoms with Crippen LogP contribution in [0, 0.1) is 11.6 Å². The third-order valence-corrected chi connectivity index (χ3v) is 6.08. The van der Waals surface area contributed by atoms with Crippen LogP contribution in [0.3, 0.4) is 0 Å². The molecule has 168 valence electrons. The quantitative estimate of drug-likeness (QED) is 0.387. The second-order valence-electron chi connectivity index (χ2n) is 6.71. The van der Waals surface area contributed by atoms with Gasteiger partial charge in [0.25, 0.3) is 5.91 Å². The number of carbonyl (C=O) groups is 1. The van der Waals surface area contributed by atoms with Gasteiger partial charge in [-0.2, -0.15) is 10.2 Å². The smallest absolute Gasteiger partial charge is 0.257 e. The first kappa shape index (κ1) is 23.1. The van der Waals surface area contributed by atoms with Crippen LogP contribution in [0.25, 0.3) is 16.9 Å². The van der Waals surface area contributed by atoms with Crippen LogP contribution in [0.2, 0.25) is 10.0 Å². The second kappa shape index (κ2) is 9.44. The minimum absolute atomic E-state index is 0.0115. The first-order chi connectivity index (χ1) is 15.7. The minimum atomic E-state index is -1.58. The highest BCUT2D eigenvalue weighted by Crippen LogP contribution is 2.34. The highest BCUT2D eigenvalue weighted by Gasteiger charge is 2.21. The fraction of sp³-hybridized carbons (Fsp3) is 0.0476. The molecule has 12 heteroatoms. The number of nitrogens with one attached hydrogen (secondary N) is 1. The Kier molecular flexibility index (Phi) is 6.61. The molecular weight excluding hydrogens is 495 g/mol. The summed E-state index contributed by atoms with van der Waals surface area (Å²) in [5.41, 5.74) is 0.293. The van der Waals surface area contributed by atoms with E-state index in [2.05, 4.69) is 20.5 Å². The Morgan fingerprint density at radius 2 is 1.79 bits per heavy atom. The van der Waals surface area contributed by atoms with Crippen LogP contribution >= 0.6 is 23.2 Å². The molecule has 2 aromatic carbocycles. The SMILES string of the molecule is C[S+]([O-])c1cc(F)ccc1-c1cc(Cl)c(C(=O)Nc2cnc(-n3nccn3)c(Cl)c2)cc1F. The van der Waals surface area contributed by atoms with Crippen LogP contribution in [0.15, 0.2) is 59.9 Å². The summed E-state index contributed by atoms with van der Waals surface area (Å²) in [6.07, 6.45) is 5.61. The van der Waals surface area contributed by atoms with Crippen LogP contribution in [-0.2, 0) is 11.2 Å². The summed E-state index contributed by atoms with van der Waals surface area (Å²) in [5, 5.41) is 10.5. The maximum Gasteiger partial charge on any atom is 0.257 e. The Balaban J connectivity index is 1.63. The van der Waals surface area contributed by atoms with Crippen LogP contribution in [0.4, 0.5) is 14.5 Å². The highest BCUT2D eigenvalue weighted by molar-refractivity contribution is 7.90. The van der Waals surface area contributed by atoms with Gasteiger partial charge in [0.05, 0.1) is 39.9 Å². The van der Waals surface area contributed by atoms with Gasteiger partial charge in [-0.25, -0.2) is 13.8 Å². The van der Waals surface area contributed by atoms with E-state index in [0.29, 0.717) is 0 Å². The number of halogens is 4. The van der Waals surface area contributed by atoms with Gasteiger partial charge in [0.15, 0.2) is 10.7 Å². The molecule has 0 aliphatic rings. The van der Waals surface area contributed by atoms with Gasteiger partial charge in [-0.15, -0.1) is 4.80 Å². The Morgan fingerprint density at radius 1 is 1.06 bits per heavy atom. The van der Waals surface area contributed by atoms with E-state index in [1.165, 1.54) is 47.8 Å². The zero-order valence-electron chi connectivity index (χ0n) is 16.7. The molecule has 0 saturated carbocycles. The Labute approximate surface area is 199 Å². The third-order valence-electron chi connectivity index (χ3n) is 4.53. The molecule has 1 atom stereocenters. The molecule has 0 aliphatic heterocycles. The zero-order chi connectivity index (χ0) is 23.7. The number of pyridine rings is 1. The van der Waals surface area contributed by atoms with Gasteiger partial charge in [0.1, 0.15) is 17.9 Å². The van der Waals surface area contributed by atoms with Crippen molar-refractivity contribution in [2.45, 2.75) is 4.90 Å². The number of benzene rings is 2. The molecule has 4 rings (SSSR count). The molecule has 2 heterocycles. The van der Waals surface area contributed by atoms with Crippen molar-refractivity contribution in [2.75, 3.05) is 11.6 Å². The lowest BCUT2D eigenvalue weighted by atomic mass is 10.0. The van der Waals surface area contributed by atoms with Crippen molar-refractivity contribution >= 4 is 46.0 Å². The molecule has 0 saturated heterocycles. The zero-order valence-corrected chi connectivity index (χ0v) is 19.0. The fourth-order valence-electron chi connectivity index (χ4n) is 3.05. The third kappa shape index (κ3) is 4.83. The lowest BCUT2D eigenvalue weighted by molar-refractivity contribution is 0.102. The second-order valence-corrected chi connectivity index (χ2v) is 8.87. The van der Waals surface area contributed by atoms with E-state index in [9.17, 15) is 18.1 Å². The van der Waals surface area contributed by atoms with Gasteiger partial charge < -0.3 is 9.87 Å². The maximum atomic E-state index is 15.0. The van der Waals surface area contributed by atoms with E-state index in [1.807, 2.05) is 0 Å². The van der Waals surface area contributed by atoms with Crippen molar-refractivity contribution < 1.29 is 18.1 Å². The fourth-order valence-corrected chi connectivity index (χ4v) is 4.31. The molecule has 7 nitrogen and oxygen atoms in total. The van der Waals surface area contributed by atoms with E-state index in [0.717, 1.165) is 18.2 Å². The number of amides is 1. The molecule has 0 spiro atoms. The molecule has 33 heavy (non-hydrogen) atoms. The van der Waals surface area contributed by atoms with Gasteiger partial charge in [-0.3, -0.25) is 4.79 Å². The molecular formula is C21H13Cl2F2N5O2S. The average Bonchev–Trinajstić information content (AvgIpc) is 3.29. The lowest BCUT2D eigenvalue weighted by Crippen LogP contribution is -2.14. The van der Waals surface area contributed by atoms with Crippen LogP contribution < -0.4 is 5.32 Å². The highest BCUT2D eigenvalue weighted by atomic mass is 35.5. The monoisotopic (exact) mass is 507 g/mol. The standard InChI is InChI=1S/C21H13Cl2F2N5O2S/c1-33(32)19-6-11(24)2-3-13(19)14-8-16(22)15(9-18(14)25)21(31)29-12-7-17(23)20(26-10-12)30-27-4-5-28-30/h2-10H,1H3,(H,29,31). The molecule has 1 N–H and O–H groups in total.